The molecule has 23 heavy (non-hydrogen) atoms. The predicted octanol–water partition coefficient (Wildman–Crippen LogP) is 1.80. The average Bonchev–Trinajstić information content (AvgIpc) is 3.11. The Morgan fingerprint density at radius 2 is 2.00 bits per heavy atom. The predicted molar refractivity (Wildman–Crippen MR) is 83.7 cm³/mol. The third-order valence-corrected chi connectivity index (χ3v) is 4.80. The van der Waals surface area contributed by atoms with Gasteiger partial charge in [0, 0.05) is 11.5 Å². The van der Waals surface area contributed by atoms with Crippen molar-refractivity contribution in [2.45, 2.75) is 4.90 Å². The second-order valence-electron chi connectivity index (χ2n) is 4.91. The molecule has 9 heteroatoms. The molecule has 4 rings (SSSR count). The number of rotatable bonds is 3. The Balaban J connectivity index is 1.79. The van der Waals surface area contributed by atoms with Gasteiger partial charge in [0.25, 0.3) is 10.0 Å². The van der Waals surface area contributed by atoms with Crippen LogP contribution in [-0.4, -0.2) is 23.6 Å². The molecule has 0 saturated carbocycles. The zero-order chi connectivity index (χ0) is 16.0. The van der Waals surface area contributed by atoms with Gasteiger partial charge in [0.2, 0.25) is 0 Å². The van der Waals surface area contributed by atoms with E-state index < -0.39 is 15.8 Å². The van der Waals surface area contributed by atoms with Gasteiger partial charge in [0.05, 0.1) is 27.8 Å². The minimum Gasteiger partial charge on any atom is -0.408 e. The number of anilines is 1. The molecule has 0 aliphatic carbocycles. The molecule has 0 radical (unpaired) electrons. The van der Waals surface area contributed by atoms with E-state index in [1.807, 2.05) is 0 Å². The Bertz CT molecular complexity index is 1190. The van der Waals surface area contributed by atoms with Gasteiger partial charge in [-0.2, -0.15) is 5.10 Å². The van der Waals surface area contributed by atoms with Crippen molar-refractivity contribution in [1.82, 2.24) is 15.2 Å². The van der Waals surface area contributed by atoms with Gasteiger partial charge in [-0.15, -0.1) is 0 Å². The molecule has 4 aromatic rings. The lowest BCUT2D eigenvalue weighted by atomic mass is 10.2. The summed E-state index contributed by atoms with van der Waals surface area (Å²) in [5.74, 6) is -0.634. The molecular weight excluding hydrogens is 320 g/mol. The van der Waals surface area contributed by atoms with Crippen LogP contribution >= 0.6 is 0 Å². The van der Waals surface area contributed by atoms with Crippen molar-refractivity contribution >= 4 is 37.7 Å². The number of H-pyrrole nitrogens is 2. The third-order valence-electron chi connectivity index (χ3n) is 3.43. The summed E-state index contributed by atoms with van der Waals surface area (Å²) in [5.41, 5.74) is 1.74. The van der Waals surface area contributed by atoms with E-state index in [4.69, 9.17) is 4.42 Å². The van der Waals surface area contributed by atoms with Crippen LogP contribution in [0.1, 0.15) is 0 Å². The van der Waals surface area contributed by atoms with Crippen LogP contribution in [0.4, 0.5) is 5.69 Å². The second-order valence-corrected chi connectivity index (χ2v) is 6.60. The maximum Gasteiger partial charge on any atom is 0.417 e. The number of fused-ring (bicyclic) bond motifs is 2. The number of hydrogen-bond donors (Lipinski definition) is 3. The fraction of sp³-hybridized carbons (Fsp3) is 0. The summed E-state index contributed by atoms with van der Waals surface area (Å²) in [7, 11) is -3.83. The van der Waals surface area contributed by atoms with Crippen molar-refractivity contribution in [2.75, 3.05) is 4.72 Å². The number of aromatic nitrogens is 3. The number of aromatic amines is 2. The standard InChI is InChI=1S/C14H10N4O4S/c19-14-16-12-5-4-8(6-13(12)22-14)23(20,21)18-11-3-1-2-10-9(11)7-15-17-10/h1-7,18H,(H,15,17)(H,16,19). The molecule has 3 N–H and O–H groups in total. The summed E-state index contributed by atoms with van der Waals surface area (Å²) in [6.07, 6.45) is 1.54. The first-order chi connectivity index (χ1) is 11.0. The van der Waals surface area contributed by atoms with Gasteiger partial charge < -0.3 is 4.42 Å². The Morgan fingerprint density at radius 3 is 2.87 bits per heavy atom. The van der Waals surface area contributed by atoms with E-state index in [1.165, 1.54) is 18.2 Å². The summed E-state index contributed by atoms with van der Waals surface area (Å²) in [6.45, 7) is 0. The van der Waals surface area contributed by atoms with Crippen LogP contribution in [0.3, 0.4) is 0 Å². The van der Waals surface area contributed by atoms with Crippen molar-refractivity contribution in [2.24, 2.45) is 0 Å². The van der Waals surface area contributed by atoms with Crippen LogP contribution in [-0.2, 0) is 10.0 Å². The second kappa shape index (κ2) is 4.71. The van der Waals surface area contributed by atoms with Gasteiger partial charge in [0.15, 0.2) is 5.58 Å². The Kier molecular flexibility index (Phi) is 2.78. The number of oxazole rings is 1. The lowest BCUT2D eigenvalue weighted by molar-refractivity contribution is 0.554. The molecule has 0 atom stereocenters. The van der Waals surface area contributed by atoms with Crippen LogP contribution in [0.25, 0.3) is 22.0 Å². The Hall–Kier alpha value is -3.07. The van der Waals surface area contributed by atoms with Crippen LogP contribution in [0.5, 0.6) is 0 Å². The molecule has 0 bridgehead atoms. The summed E-state index contributed by atoms with van der Waals surface area (Å²) in [5, 5.41) is 7.33. The van der Waals surface area contributed by atoms with Gasteiger partial charge in [-0.3, -0.25) is 14.8 Å². The minimum absolute atomic E-state index is 0.00625. The van der Waals surface area contributed by atoms with Crippen molar-refractivity contribution in [3.8, 4) is 0 Å². The first-order valence-corrected chi connectivity index (χ1v) is 8.09. The molecule has 0 fully saturated rings. The molecule has 0 aliphatic heterocycles. The van der Waals surface area contributed by atoms with Crippen molar-refractivity contribution in [3.63, 3.8) is 0 Å². The molecule has 0 saturated heterocycles. The molecule has 0 unspecified atom stereocenters. The highest BCUT2D eigenvalue weighted by molar-refractivity contribution is 7.92. The van der Waals surface area contributed by atoms with Crippen LogP contribution in [0, 0.1) is 0 Å². The topological polar surface area (TPSA) is 121 Å². The number of sulfonamides is 1. The molecule has 0 spiro atoms. The first kappa shape index (κ1) is 13.6. The lowest BCUT2D eigenvalue weighted by Gasteiger charge is -2.08. The van der Waals surface area contributed by atoms with Crippen LogP contribution in [0.15, 0.2) is 56.7 Å². The molecule has 2 heterocycles. The molecule has 116 valence electrons. The zero-order valence-electron chi connectivity index (χ0n) is 11.5. The third kappa shape index (κ3) is 2.27. The van der Waals surface area contributed by atoms with Gasteiger partial charge in [-0.25, -0.2) is 13.2 Å². The van der Waals surface area contributed by atoms with E-state index in [0.717, 1.165) is 5.52 Å². The smallest absolute Gasteiger partial charge is 0.408 e. The molecule has 8 nitrogen and oxygen atoms in total. The van der Waals surface area contributed by atoms with E-state index in [0.29, 0.717) is 16.6 Å². The summed E-state index contributed by atoms with van der Waals surface area (Å²) in [4.78, 5) is 13.6. The largest absolute Gasteiger partial charge is 0.417 e. The summed E-state index contributed by atoms with van der Waals surface area (Å²) in [6, 6.07) is 9.32. The fourth-order valence-corrected chi connectivity index (χ4v) is 3.45. The van der Waals surface area contributed by atoms with E-state index in [2.05, 4.69) is 19.9 Å². The summed E-state index contributed by atoms with van der Waals surface area (Å²) < 4.78 is 32.5. The number of hydrogen-bond acceptors (Lipinski definition) is 5. The summed E-state index contributed by atoms with van der Waals surface area (Å²) >= 11 is 0. The van der Waals surface area contributed by atoms with Crippen molar-refractivity contribution in [1.29, 1.82) is 0 Å². The van der Waals surface area contributed by atoms with Crippen molar-refractivity contribution in [3.05, 3.63) is 53.1 Å². The van der Waals surface area contributed by atoms with E-state index in [-0.39, 0.29) is 10.5 Å². The van der Waals surface area contributed by atoms with Gasteiger partial charge in [0.1, 0.15) is 0 Å². The van der Waals surface area contributed by atoms with E-state index in [9.17, 15) is 13.2 Å². The lowest BCUT2D eigenvalue weighted by Crippen LogP contribution is -2.13. The van der Waals surface area contributed by atoms with Gasteiger partial charge >= 0.3 is 5.76 Å². The highest BCUT2D eigenvalue weighted by Crippen LogP contribution is 2.25. The monoisotopic (exact) mass is 330 g/mol. The molecule has 0 amide bonds. The van der Waals surface area contributed by atoms with Crippen LogP contribution < -0.4 is 10.5 Å². The van der Waals surface area contributed by atoms with Gasteiger partial charge in [-0.05, 0) is 24.3 Å². The molecule has 2 aromatic carbocycles. The zero-order valence-corrected chi connectivity index (χ0v) is 12.3. The van der Waals surface area contributed by atoms with E-state index in [1.54, 1.807) is 24.4 Å². The molecule has 0 aliphatic rings. The number of nitrogens with one attached hydrogen (secondary N) is 3. The number of benzene rings is 2. The fourth-order valence-electron chi connectivity index (χ4n) is 2.35. The highest BCUT2D eigenvalue weighted by atomic mass is 32.2. The van der Waals surface area contributed by atoms with E-state index >= 15 is 0 Å². The Labute approximate surface area is 129 Å². The first-order valence-electron chi connectivity index (χ1n) is 6.61. The van der Waals surface area contributed by atoms with Crippen LogP contribution in [0.2, 0.25) is 0 Å². The normalized spacial score (nSPS) is 12.0. The SMILES string of the molecule is O=c1[nH]c2ccc(S(=O)(=O)Nc3cccc4[nH]ncc34)cc2o1. The highest BCUT2D eigenvalue weighted by Gasteiger charge is 2.17. The minimum atomic E-state index is -3.83. The quantitative estimate of drug-likeness (QED) is 0.529. The average molecular weight is 330 g/mol. The molecular formula is C14H10N4O4S. The molecule has 2 aromatic heterocycles. The van der Waals surface area contributed by atoms with Gasteiger partial charge in [-0.1, -0.05) is 6.07 Å². The number of nitrogens with zero attached hydrogens (tertiary/aromatic N) is 1. The Morgan fingerprint density at radius 1 is 1.13 bits per heavy atom. The van der Waals surface area contributed by atoms with Crippen molar-refractivity contribution < 1.29 is 12.8 Å². The maximum absolute atomic E-state index is 12.5. The maximum atomic E-state index is 12.5.